The third kappa shape index (κ3) is 3.73. The second-order valence-corrected chi connectivity index (χ2v) is 6.29. The largest absolute Gasteiger partial charge is 0.449 e. The Balaban J connectivity index is 2.05. The number of aryl methyl sites for hydroxylation is 1. The van der Waals surface area contributed by atoms with Gasteiger partial charge in [-0.3, -0.25) is 4.79 Å². The molecule has 1 amide bonds. The highest BCUT2D eigenvalue weighted by molar-refractivity contribution is 7.10. The normalized spacial score (nSPS) is 12.1. The van der Waals surface area contributed by atoms with Crippen LogP contribution in [0.15, 0.2) is 12.3 Å². The molecule has 0 aromatic carbocycles. The minimum absolute atomic E-state index is 0.103. The Kier molecular flexibility index (Phi) is 5.55. The molecule has 2 aromatic rings. The summed E-state index contributed by atoms with van der Waals surface area (Å²) in [5.41, 5.74) is 0.925. The quantitative estimate of drug-likeness (QED) is 0.776. The predicted molar refractivity (Wildman–Crippen MR) is 92.5 cm³/mol. The summed E-state index contributed by atoms with van der Waals surface area (Å²) in [6, 6.07) is 1.80. The number of rotatable bonds is 6. The van der Waals surface area contributed by atoms with Gasteiger partial charge in [-0.2, -0.15) is 9.47 Å². The van der Waals surface area contributed by atoms with Crippen LogP contribution in [0.4, 0.5) is 10.8 Å². The predicted octanol–water partition coefficient (Wildman–Crippen LogP) is 2.45. The van der Waals surface area contributed by atoms with Crippen LogP contribution in [-0.4, -0.2) is 39.2 Å². The first-order chi connectivity index (χ1) is 11.3. The molecule has 0 aliphatic heterocycles. The van der Waals surface area contributed by atoms with Gasteiger partial charge < -0.3 is 15.4 Å². The summed E-state index contributed by atoms with van der Waals surface area (Å²) >= 11 is 1.17. The van der Waals surface area contributed by atoms with Crippen LogP contribution in [0.3, 0.4) is 0 Å². The smallest absolute Gasteiger partial charge is 0.343 e. The molecule has 2 rings (SSSR count). The number of nitrogens with one attached hydrogen (secondary N) is 2. The van der Waals surface area contributed by atoms with Gasteiger partial charge >= 0.3 is 5.97 Å². The fraction of sp³-hybridized carbons (Fsp3) is 0.467. The number of aromatic nitrogens is 3. The van der Waals surface area contributed by atoms with Crippen molar-refractivity contribution in [3.63, 3.8) is 0 Å². The van der Waals surface area contributed by atoms with E-state index in [-0.39, 0.29) is 6.04 Å². The molecular formula is C15H21N5O3S. The Labute approximate surface area is 144 Å². The van der Waals surface area contributed by atoms with Crippen molar-refractivity contribution in [3.8, 4) is 0 Å². The lowest BCUT2D eigenvalue weighted by atomic mass is 10.2. The van der Waals surface area contributed by atoms with Crippen molar-refractivity contribution in [2.24, 2.45) is 0 Å². The molecule has 0 aliphatic carbocycles. The summed E-state index contributed by atoms with van der Waals surface area (Å²) in [5.74, 6) is -0.439. The first-order valence-electron chi connectivity index (χ1n) is 7.54. The number of esters is 1. The Morgan fingerprint density at radius 1 is 1.33 bits per heavy atom. The average Bonchev–Trinajstić information content (AvgIpc) is 3.13. The lowest BCUT2D eigenvalue weighted by Gasteiger charge is -2.16. The molecule has 0 bridgehead atoms. The number of ether oxygens (including phenoxy) is 1. The molecule has 0 saturated heterocycles. The number of hydrogen-bond acceptors (Lipinski definition) is 7. The van der Waals surface area contributed by atoms with Crippen LogP contribution in [0.1, 0.15) is 42.9 Å². The molecule has 0 spiro atoms. The van der Waals surface area contributed by atoms with Crippen LogP contribution in [0.2, 0.25) is 0 Å². The summed E-state index contributed by atoms with van der Waals surface area (Å²) in [5, 5.41) is 10.4. The van der Waals surface area contributed by atoms with E-state index in [0.29, 0.717) is 22.1 Å². The first-order valence-corrected chi connectivity index (χ1v) is 8.31. The van der Waals surface area contributed by atoms with E-state index < -0.39 is 18.0 Å². The zero-order valence-electron chi connectivity index (χ0n) is 14.3. The second-order valence-electron chi connectivity index (χ2n) is 5.51. The molecule has 0 aliphatic rings. The maximum Gasteiger partial charge on any atom is 0.343 e. The molecular weight excluding hydrogens is 330 g/mol. The summed E-state index contributed by atoms with van der Waals surface area (Å²) in [4.78, 5) is 24.6. The molecule has 2 aromatic heterocycles. The highest BCUT2D eigenvalue weighted by Gasteiger charge is 2.25. The molecule has 1 unspecified atom stereocenters. The number of amides is 1. The van der Waals surface area contributed by atoms with Crippen molar-refractivity contribution in [1.82, 2.24) is 14.2 Å². The van der Waals surface area contributed by atoms with E-state index in [1.165, 1.54) is 18.5 Å². The van der Waals surface area contributed by atoms with Gasteiger partial charge in [0.05, 0.1) is 11.9 Å². The van der Waals surface area contributed by atoms with Crippen LogP contribution >= 0.6 is 11.5 Å². The summed E-state index contributed by atoms with van der Waals surface area (Å²) < 4.78 is 11.1. The van der Waals surface area contributed by atoms with E-state index in [4.69, 9.17) is 4.74 Å². The van der Waals surface area contributed by atoms with Gasteiger partial charge in [-0.1, -0.05) is 0 Å². The third-order valence-electron chi connectivity index (χ3n) is 3.36. The van der Waals surface area contributed by atoms with Gasteiger partial charge in [-0.15, -0.1) is 0 Å². The van der Waals surface area contributed by atoms with E-state index >= 15 is 0 Å². The Hall–Kier alpha value is -2.42. The van der Waals surface area contributed by atoms with Crippen LogP contribution < -0.4 is 10.6 Å². The molecule has 24 heavy (non-hydrogen) atoms. The van der Waals surface area contributed by atoms with E-state index in [0.717, 1.165) is 0 Å². The molecule has 2 N–H and O–H groups in total. The van der Waals surface area contributed by atoms with Gasteiger partial charge in [0.1, 0.15) is 16.4 Å². The van der Waals surface area contributed by atoms with Crippen molar-refractivity contribution in [3.05, 3.63) is 23.5 Å². The van der Waals surface area contributed by atoms with Gasteiger partial charge in [0.2, 0.25) is 0 Å². The average molecular weight is 351 g/mol. The molecule has 9 heteroatoms. The Morgan fingerprint density at radius 2 is 2.04 bits per heavy atom. The number of carbonyl (C=O) groups excluding carboxylic acids is 2. The zero-order chi connectivity index (χ0) is 17.9. The summed E-state index contributed by atoms with van der Waals surface area (Å²) in [6.45, 7) is 7.16. The van der Waals surface area contributed by atoms with Gasteiger partial charge in [0, 0.05) is 19.2 Å². The van der Waals surface area contributed by atoms with Gasteiger partial charge in [0.15, 0.2) is 6.10 Å². The van der Waals surface area contributed by atoms with Crippen molar-refractivity contribution >= 4 is 34.2 Å². The Morgan fingerprint density at radius 3 is 2.67 bits per heavy atom. The lowest BCUT2D eigenvalue weighted by Crippen LogP contribution is -2.31. The van der Waals surface area contributed by atoms with Crippen LogP contribution in [0, 0.1) is 6.92 Å². The van der Waals surface area contributed by atoms with Crippen molar-refractivity contribution < 1.29 is 14.3 Å². The van der Waals surface area contributed by atoms with Gasteiger partial charge in [-0.05, 0) is 39.2 Å². The fourth-order valence-corrected chi connectivity index (χ4v) is 2.84. The topological polar surface area (TPSA) is 98.1 Å². The summed E-state index contributed by atoms with van der Waals surface area (Å²) in [7, 11) is 1.70. The molecule has 1 atom stereocenters. The van der Waals surface area contributed by atoms with Crippen LogP contribution in [0.5, 0.6) is 0 Å². The van der Waals surface area contributed by atoms with E-state index in [9.17, 15) is 9.59 Å². The first kappa shape index (κ1) is 17.9. The zero-order valence-corrected chi connectivity index (χ0v) is 15.1. The highest BCUT2D eigenvalue weighted by atomic mass is 32.1. The monoisotopic (exact) mass is 351 g/mol. The molecule has 0 radical (unpaired) electrons. The molecule has 0 fully saturated rings. The van der Waals surface area contributed by atoms with Gasteiger partial charge in [0.25, 0.3) is 5.91 Å². The van der Waals surface area contributed by atoms with Gasteiger partial charge in [-0.25, -0.2) is 9.48 Å². The van der Waals surface area contributed by atoms with E-state index in [1.807, 2.05) is 13.8 Å². The van der Waals surface area contributed by atoms with Crippen molar-refractivity contribution in [1.29, 1.82) is 0 Å². The van der Waals surface area contributed by atoms with Crippen molar-refractivity contribution in [2.75, 3.05) is 17.7 Å². The number of hydrogen-bond donors (Lipinski definition) is 2. The minimum Gasteiger partial charge on any atom is -0.449 e. The SMILES string of the molecule is CNc1snc(C)c1C(=O)OC(C)C(=O)Nc1ccnn1C(C)C. The standard InChI is InChI=1S/C15H21N5O3S/c1-8(2)20-11(6-7-17-20)18-13(21)10(4)23-15(22)12-9(3)19-24-14(12)16-5/h6-8,10,16H,1-5H3,(H,18,21). The second kappa shape index (κ2) is 7.43. The maximum atomic E-state index is 12.3. The number of anilines is 2. The Bertz CT molecular complexity index is 737. The summed E-state index contributed by atoms with van der Waals surface area (Å²) in [6.07, 6.45) is 0.656. The molecule has 8 nitrogen and oxygen atoms in total. The number of carbonyl (C=O) groups is 2. The number of nitrogens with zero attached hydrogens (tertiary/aromatic N) is 3. The molecule has 2 heterocycles. The maximum absolute atomic E-state index is 12.3. The minimum atomic E-state index is -0.947. The molecule has 130 valence electrons. The van der Waals surface area contributed by atoms with E-state index in [1.54, 1.807) is 30.9 Å². The fourth-order valence-electron chi connectivity index (χ4n) is 2.11. The van der Waals surface area contributed by atoms with E-state index in [2.05, 4.69) is 20.1 Å². The van der Waals surface area contributed by atoms with Crippen LogP contribution in [-0.2, 0) is 9.53 Å². The molecule has 0 saturated carbocycles. The highest BCUT2D eigenvalue weighted by Crippen LogP contribution is 2.25. The van der Waals surface area contributed by atoms with Crippen LogP contribution in [0.25, 0.3) is 0 Å². The lowest BCUT2D eigenvalue weighted by molar-refractivity contribution is -0.123. The third-order valence-corrected chi connectivity index (χ3v) is 4.31. The van der Waals surface area contributed by atoms with Crippen molar-refractivity contribution in [2.45, 2.75) is 39.8 Å².